The second-order valence-corrected chi connectivity index (χ2v) is 5.74. The number of hydrogen-bond donors (Lipinski definition) is 1. The van der Waals surface area contributed by atoms with Crippen molar-refractivity contribution in [2.45, 2.75) is 31.2 Å². The molecule has 2 atom stereocenters. The molecule has 1 aromatic rings. The van der Waals surface area contributed by atoms with Crippen molar-refractivity contribution in [2.75, 3.05) is 38.2 Å². The fourth-order valence-electron chi connectivity index (χ4n) is 3.19. The van der Waals surface area contributed by atoms with Crippen molar-refractivity contribution in [3.63, 3.8) is 0 Å². The Kier molecular flexibility index (Phi) is 3.66. The molecule has 0 bridgehead atoms. The van der Waals surface area contributed by atoms with Crippen molar-refractivity contribution >= 4 is 5.95 Å². The smallest absolute Gasteiger partial charge is 0.225 e. The highest BCUT2D eigenvalue weighted by molar-refractivity contribution is 5.34. The number of aromatic nitrogens is 2. The van der Waals surface area contributed by atoms with Crippen LogP contribution < -0.4 is 4.90 Å². The molecule has 2 saturated heterocycles. The predicted molar refractivity (Wildman–Crippen MR) is 74.3 cm³/mol. The summed E-state index contributed by atoms with van der Waals surface area (Å²) in [4.78, 5) is 13.5. The second kappa shape index (κ2) is 5.43. The van der Waals surface area contributed by atoms with Crippen LogP contribution >= 0.6 is 0 Å². The molecule has 0 radical (unpaired) electrons. The lowest BCUT2D eigenvalue weighted by atomic mass is 10.0. The first-order valence-electron chi connectivity index (χ1n) is 7.16. The monoisotopic (exact) mass is 262 g/mol. The van der Waals surface area contributed by atoms with Gasteiger partial charge in [-0.15, -0.1) is 0 Å². The summed E-state index contributed by atoms with van der Waals surface area (Å²) >= 11 is 0. The van der Waals surface area contributed by atoms with Crippen molar-refractivity contribution < 1.29 is 5.11 Å². The predicted octanol–water partition coefficient (Wildman–Crippen LogP) is 0.857. The number of nitrogens with zero attached hydrogens (tertiary/aromatic N) is 4. The number of likely N-dealkylation sites (N-methyl/N-ethyl adjacent to an activating group) is 1. The van der Waals surface area contributed by atoms with Gasteiger partial charge in [0.15, 0.2) is 0 Å². The van der Waals surface area contributed by atoms with Gasteiger partial charge in [-0.25, -0.2) is 9.97 Å². The molecular weight excluding hydrogens is 240 g/mol. The summed E-state index contributed by atoms with van der Waals surface area (Å²) in [7, 11) is 2.16. The first kappa shape index (κ1) is 12.8. The Hall–Kier alpha value is -1.20. The van der Waals surface area contributed by atoms with Crippen LogP contribution in [0.3, 0.4) is 0 Å². The molecule has 104 valence electrons. The fourth-order valence-corrected chi connectivity index (χ4v) is 3.19. The Morgan fingerprint density at radius 3 is 2.68 bits per heavy atom. The second-order valence-electron chi connectivity index (χ2n) is 5.74. The maximum atomic E-state index is 9.35. The number of aliphatic hydroxyl groups is 1. The van der Waals surface area contributed by atoms with E-state index in [1.807, 2.05) is 12.4 Å². The zero-order valence-corrected chi connectivity index (χ0v) is 11.5. The lowest BCUT2D eigenvalue weighted by Crippen LogP contribution is -2.33. The molecule has 5 nitrogen and oxygen atoms in total. The molecular formula is C14H22N4O. The molecule has 2 aliphatic rings. The minimum Gasteiger partial charge on any atom is -0.394 e. The molecule has 2 fully saturated rings. The maximum Gasteiger partial charge on any atom is 0.225 e. The van der Waals surface area contributed by atoms with Crippen LogP contribution in [0.15, 0.2) is 12.4 Å². The van der Waals surface area contributed by atoms with Crippen LogP contribution in [0.4, 0.5) is 5.95 Å². The van der Waals surface area contributed by atoms with E-state index in [0.29, 0.717) is 5.92 Å². The zero-order valence-electron chi connectivity index (χ0n) is 11.5. The molecule has 19 heavy (non-hydrogen) atoms. The van der Waals surface area contributed by atoms with Gasteiger partial charge in [0.1, 0.15) is 0 Å². The van der Waals surface area contributed by atoms with Gasteiger partial charge in [-0.3, -0.25) is 0 Å². The number of aliphatic hydroxyl groups excluding tert-OH is 1. The van der Waals surface area contributed by atoms with Gasteiger partial charge in [-0.1, -0.05) is 0 Å². The van der Waals surface area contributed by atoms with Gasteiger partial charge < -0.3 is 14.9 Å². The maximum absolute atomic E-state index is 9.35. The highest BCUT2D eigenvalue weighted by Crippen LogP contribution is 2.27. The topological polar surface area (TPSA) is 52.5 Å². The van der Waals surface area contributed by atoms with Gasteiger partial charge in [-0.05, 0) is 38.4 Å². The van der Waals surface area contributed by atoms with E-state index in [-0.39, 0.29) is 12.6 Å². The summed E-state index contributed by atoms with van der Waals surface area (Å²) in [5.41, 5.74) is 1.24. The van der Waals surface area contributed by atoms with Gasteiger partial charge >= 0.3 is 0 Å². The molecule has 5 heteroatoms. The lowest BCUT2D eigenvalue weighted by molar-refractivity contribution is 0.265. The highest BCUT2D eigenvalue weighted by atomic mass is 16.3. The minimum atomic E-state index is 0.193. The van der Waals surface area contributed by atoms with E-state index in [4.69, 9.17) is 0 Å². The third kappa shape index (κ3) is 2.58. The Labute approximate surface area is 114 Å². The first-order chi connectivity index (χ1) is 9.28. The molecule has 0 spiro atoms. The Bertz CT molecular complexity index is 422. The average Bonchev–Trinajstić information content (AvgIpc) is 3.07. The van der Waals surface area contributed by atoms with Crippen LogP contribution in [0, 0.1) is 0 Å². The van der Waals surface area contributed by atoms with Crippen LogP contribution in [0.5, 0.6) is 0 Å². The van der Waals surface area contributed by atoms with Crippen LogP contribution in [0.25, 0.3) is 0 Å². The molecule has 0 aromatic carbocycles. The average molecular weight is 262 g/mol. The molecule has 3 rings (SSSR count). The SMILES string of the molecule is CN1CCC(c2cnc(N3CCCC3CO)nc2)C1. The summed E-state index contributed by atoms with van der Waals surface area (Å²) in [5, 5.41) is 9.35. The van der Waals surface area contributed by atoms with Gasteiger partial charge in [0, 0.05) is 31.4 Å². The standard InChI is InChI=1S/C14H22N4O/c1-17-6-4-11(9-17)12-7-15-14(16-8-12)18-5-2-3-13(18)10-19/h7-8,11,13,19H,2-6,9-10H2,1H3. The quantitative estimate of drug-likeness (QED) is 0.875. The van der Waals surface area contributed by atoms with Crippen LogP contribution in [-0.4, -0.2) is 59.3 Å². The highest BCUT2D eigenvalue weighted by Gasteiger charge is 2.26. The van der Waals surface area contributed by atoms with E-state index in [0.717, 1.165) is 38.4 Å². The fraction of sp³-hybridized carbons (Fsp3) is 0.714. The number of anilines is 1. The number of rotatable bonds is 3. The summed E-state index contributed by atoms with van der Waals surface area (Å²) < 4.78 is 0. The van der Waals surface area contributed by atoms with Crippen molar-refractivity contribution in [2.24, 2.45) is 0 Å². The number of hydrogen-bond acceptors (Lipinski definition) is 5. The lowest BCUT2D eigenvalue weighted by Gasteiger charge is -2.23. The van der Waals surface area contributed by atoms with E-state index in [1.54, 1.807) is 0 Å². The van der Waals surface area contributed by atoms with Crippen LogP contribution in [0.2, 0.25) is 0 Å². The van der Waals surface area contributed by atoms with E-state index >= 15 is 0 Å². The summed E-state index contributed by atoms with van der Waals surface area (Å²) in [6.45, 7) is 3.41. The Morgan fingerprint density at radius 2 is 2.05 bits per heavy atom. The summed E-state index contributed by atoms with van der Waals surface area (Å²) in [5.74, 6) is 1.35. The van der Waals surface area contributed by atoms with Crippen molar-refractivity contribution in [1.82, 2.24) is 14.9 Å². The van der Waals surface area contributed by atoms with E-state index in [1.165, 1.54) is 12.0 Å². The molecule has 0 saturated carbocycles. The number of likely N-dealkylation sites (tertiary alicyclic amines) is 1. The minimum absolute atomic E-state index is 0.193. The molecule has 2 unspecified atom stereocenters. The van der Waals surface area contributed by atoms with Gasteiger partial charge in [0.25, 0.3) is 0 Å². The third-order valence-corrected chi connectivity index (χ3v) is 4.37. The van der Waals surface area contributed by atoms with Gasteiger partial charge in [-0.2, -0.15) is 0 Å². The normalized spacial score (nSPS) is 28.2. The molecule has 2 aliphatic heterocycles. The van der Waals surface area contributed by atoms with Gasteiger partial charge in [0.2, 0.25) is 5.95 Å². The van der Waals surface area contributed by atoms with E-state index < -0.39 is 0 Å². The molecule has 0 aliphatic carbocycles. The summed E-state index contributed by atoms with van der Waals surface area (Å²) in [6, 6.07) is 0.198. The Balaban J connectivity index is 1.72. The van der Waals surface area contributed by atoms with E-state index in [9.17, 15) is 5.11 Å². The van der Waals surface area contributed by atoms with Crippen LogP contribution in [-0.2, 0) is 0 Å². The third-order valence-electron chi connectivity index (χ3n) is 4.37. The van der Waals surface area contributed by atoms with Crippen molar-refractivity contribution in [1.29, 1.82) is 0 Å². The zero-order chi connectivity index (χ0) is 13.2. The van der Waals surface area contributed by atoms with E-state index in [2.05, 4.69) is 26.8 Å². The van der Waals surface area contributed by atoms with Crippen molar-refractivity contribution in [3.05, 3.63) is 18.0 Å². The first-order valence-corrected chi connectivity index (χ1v) is 7.16. The van der Waals surface area contributed by atoms with Crippen molar-refractivity contribution in [3.8, 4) is 0 Å². The molecule has 1 aromatic heterocycles. The van der Waals surface area contributed by atoms with Gasteiger partial charge in [0.05, 0.1) is 12.6 Å². The molecule has 1 N–H and O–H groups in total. The summed E-state index contributed by atoms with van der Waals surface area (Å²) in [6.07, 6.45) is 7.29. The largest absolute Gasteiger partial charge is 0.394 e. The Morgan fingerprint density at radius 1 is 1.26 bits per heavy atom. The van der Waals surface area contributed by atoms with Crippen LogP contribution in [0.1, 0.15) is 30.7 Å². The molecule has 3 heterocycles. The molecule has 0 amide bonds.